The van der Waals surface area contributed by atoms with Gasteiger partial charge in [0.15, 0.2) is 0 Å². The van der Waals surface area contributed by atoms with Crippen molar-refractivity contribution in [1.82, 2.24) is 5.32 Å². The van der Waals surface area contributed by atoms with Gasteiger partial charge in [-0.2, -0.15) is 0 Å². The van der Waals surface area contributed by atoms with E-state index in [0.717, 1.165) is 17.1 Å². The molecule has 1 N–H and O–H groups in total. The van der Waals surface area contributed by atoms with Gasteiger partial charge in [-0.3, -0.25) is 0 Å². The van der Waals surface area contributed by atoms with Gasteiger partial charge in [-0.25, -0.2) is 0 Å². The molecule has 2 aromatic rings. The van der Waals surface area contributed by atoms with Gasteiger partial charge in [0.1, 0.15) is 0 Å². The number of hydrogen-bond acceptors (Lipinski definition) is 2. The Labute approximate surface area is 132 Å². The van der Waals surface area contributed by atoms with E-state index in [4.69, 9.17) is 11.6 Å². The largest absolute Gasteiger partial charge is 0.306 e. The van der Waals surface area contributed by atoms with Crippen molar-refractivity contribution in [1.29, 1.82) is 0 Å². The lowest BCUT2D eigenvalue weighted by Crippen LogP contribution is -2.21. The summed E-state index contributed by atoms with van der Waals surface area (Å²) in [7, 11) is 0. The second kappa shape index (κ2) is 6.40. The van der Waals surface area contributed by atoms with Gasteiger partial charge < -0.3 is 5.32 Å². The first-order valence-corrected chi connectivity index (χ1v) is 8.27. The van der Waals surface area contributed by atoms with Gasteiger partial charge in [-0.15, -0.1) is 11.3 Å². The van der Waals surface area contributed by atoms with Crippen molar-refractivity contribution in [2.45, 2.75) is 26.8 Å². The first-order valence-electron chi connectivity index (χ1n) is 6.28. The summed E-state index contributed by atoms with van der Waals surface area (Å²) < 4.78 is 1.19. The summed E-state index contributed by atoms with van der Waals surface area (Å²) in [5.41, 5.74) is 3.60. The Bertz CT molecular complexity index is 560. The molecule has 0 aliphatic heterocycles. The molecule has 2 rings (SSSR count). The van der Waals surface area contributed by atoms with E-state index in [1.807, 2.05) is 6.07 Å². The van der Waals surface area contributed by atoms with Crippen LogP contribution in [-0.2, 0) is 0 Å². The number of benzene rings is 1. The molecule has 1 aromatic heterocycles. The summed E-state index contributed by atoms with van der Waals surface area (Å²) >= 11 is 11.8. The van der Waals surface area contributed by atoms with Gasteiger partial charge in [0.05, 0.1) is 9.83 Å². The second-order valence-electron chi connectivity index (χ2n) is 4.62. The van der Waals surface area contributed by atoms with Crippen LogP contribution in [0, 0.1) is 13.8 Å². The first-order chi connectivity index (χ1) is 9.02. The fourth-order valence-corrected chi connectivity index (χ4v) is 4.07. The second-order valence-corrected chi connectivity index (χ2v) is 7.43. The molecule has 4 heteroatoms. The quantitative estimate of drug-likeness (QED) is 0.763. The minimum atomic E-state index is 0.160. The fraction of sp³-hybridized carbons (Fsp3) is 0.333. The van der Waals surface area contributed by atoms with Crippen LogP contribution in [0.25, 0.3) is 0 Å². The third kappa shape index (κ3) is 3.40. The summed E-state index contributed by atoms with van der Waals surface area (Å²) in [6.45, 7) is 7.20. The van der Waals surface area contributed by atoms with Crippen molar-refractivity contribution < 1.29 is 0 Å². The maximum absolute atomic E-state index is 6.41. The Morgan fingerprint density at radius 3 is 2.58 bits per heavy atom. The van der Waals surface area contributed by atoms with Gasteiger partial charge >= 0.3 is 0 Å². The topological polar surface area (TPSA) is 12.0 Å². The van der Waals surface area contributed by atoms with Gasteiger partial charge in [-0.1, -0.05) is 30.7 Å². The fourth-order valence-electron chi connectivity index (χ4n) is 2.06. The number of nitrogens with one attached hydrogen (secondary N) is 1. The normalized spacial score (nSPS) is 12.7. The molecule has 0 fully saturated rings. The van der Waals surface area contributed by atoms with Crippen LogP contribution >= 0.6 is 38.9 Å². The Morgan fingerprint density at radius 2 is 2.05 bits per heavy atom. The number of rotatable bonds is 4. The molecule has 19 heavy (non-hydrogen) atoms. The van der Waals surface area contributed by atoms with Crippen molar-refractivity contribution in [3.63, 3.8) is 0 Å². The highest BCUT2D eigenvalue weighted by atomic mass is 79.9. The highest BCUT2D eigenvalue weighted by Gasteiger charge is 2.19. The molecule has 0 spiro atoms. The molecule has 1 nitrogen and oxygen atoms in total. The van der Waals surface area contributed by atoms with E-state index in [1.165, 1.54) is 19.8 Å². The first kappa shape index (κ1) is 15.0. The molecule has 0 amide bonds. The van der Waals surface area contributed by atoms with Crippen molar-refractivity contribution in [3.05, 3.63) is 54.6 Å². The maximum Gasteiger partial charge on any atom is 0.0731 e. The average molecular weight is 359 g/mol. The van der Waals surface area contributed by atoms with Crippen LogP contribution in [0.1, 0.15) is 34.5 Å². The molecule has 0 radical (unpaired) electrons. The summed E-state index contributed by atoms with van der Waals surface area (Å²) in [5, 5.41) is 4.35. The predicted molar refractivity (Wildman–Crippen MR) is 88.5 cm³/mol. The molecule has 0 aliphatic rings. The summed E-state index contributed by atoms with van der Waals surface area (Å²) in [6.07, 6.45) is 0. The predicted octanol–water partition coefficient (Wildman–Crippen LogP) is 5.48. The van der Waals surface area contributed by atoms with Gasteiger partial charge in [0.25, 0.3) is 0 Å². The van der Waals surface area contributed by atoms with Crippen LogP contribution in [0.2, 0.25) is 5.02 Å². The summed E-state index contributed by atoms with van der Waals surface area (Å²) in [5.74, 6) is 0. The Balaban J connectivity index is 2.44. The molecule has 1 aromatic carbocycles. The van der Waals surface area contributed by atoms with E-state index in [9.17, 15) is 0 Å². The number of halogens is 2. The Morgan fingerprint density at radius 1 is 1.32 bits per heavy atom. The van der Waals surface area contributed by atoms with Crippen molar-refractivity contribution in [2.24, 2.45) is 0 Å². The third-order valence-corrected chi connectivity index (χ3v) is 5.56. The van der Waals surface area contributed by atoms with Gasteiger partial charge in [0, 0.05) is 9.90 Å². The zero-order valence-electron chi connectivity index (χ0n) is 11.3. The molecule has 1 heterocycles. The van der Waals surface area contributed by atoms with Crippen molar-refractivity contribution in [2.75, 3.05) is 6.54 Å². The monoisotopic (exact) mass is 357 g/mol. The zero-order valence-corrected chi connectivity index (χ0v) is 14.4. The molecule has 0 saturated heterocycles. The Hall–Kier alpha value is -0.350. The smallest absolute Gasteiger partial charge is 0.0731 e. The van der Waals surface area contributed by atoms with Gasteiger partial charge in [-0.05, 0) is 65.1 Å². The maximum atomic E-state index is 6.41. The summed E-state index contributed by atoms with van der Waals surface area (Å²) in [4.78, 5) is 1.29. The number of aryl methyl sites for hydroxylation is 2. The van der Waals surface area contributed by atoms with Crippen LogP contribution in [0.4, 0.5) is 0 Å². The molecule has 1 atom stereocenters. The van der Waals surface area contributed by atoms with Crippen LogP contribution in [0.5, 0.6) is 0 Å². The standard InChI is InChI=1S/C15H17BrClNS/c1-4-18-14(13-8-10(3)15(16)19-13)11-6-5-9(2)7-12(11)17/h5-8,14,18H,4H2,1-3H3. The molecule has 1 unspecified atom stereocenters. The van der Waals surface area contributed by atoms with Crippen LogP contribution in [0.15, 0.2) is 28.1 Å². The summed E-state index contributed by atoms with van der Waals surface area (Å²) in [6, 6.07) is 8.64. The molecular formula is C15H17BrClNS. The van der Waals surface area contributed by atoms with Crippen LogP contribution < -0.4 is 5.32 Å². The van der Waals surface area contributed by atoms with E-state index in [-0.39, 0.29) is 6.04 Å². The lowest BCUT2D eigenvalue weighted by Gasteiger charge is -2.18. The molecule has 0 bridgehead atoms. The SMILES string of the molecule is CCNC(c1cc(C)c(Br)s1)c1ccc(C)cc1Cl. The van der Waals surface area contributed by atoms with Crippen LogP contribution in [-0.4, -0.2) is 6.54 Å². The van der Waals surface area contributed by atoms with E-state index in [2.05, 4.69) is 60.2 Å². The van der Waals surface area contributed by atoms with Crippen molar-refractivity contribution in [3.8, 4) is 0 Å². The minimum Gasteiger partial charge on any atom is -0.306 e. The van der Waals surface area contributed by atoms with E-state index >= 15 is 0 Å². The lowest BCUT2D eigenvalue weighted by atomic mass is 10.0. The van der Waals surface area contributed by atoms with Crippen LogP contribution in [0.3, 0.4) is 0 Å². The van der Waals surface area contributed by atoms with E-state index in [0.29, 0.717) is 0 Å². The van der Waals surface area contributed by atoms with Crippen molar-refractivity contribution >= 4 is 38.9 Å². The lowest BCUT2D eigenvalue weighted by molar-refractivity contribution is 0.639. The molecular weight excluding hydrogens is 342 g/mol. The molecule has 102 valence electrons. The Kier molecular flexibility index (Phi) is 5.07. The third-order valence-electron chi connectivity index (χ3n) is 3.04. The molecule has 0 aliphatic carbocycles. The minimum absolute atomic E-state index is 0.160. The highest BCUT2D eigenvalue weighted by molar-refractivity contribution is 9.11. The zero-order chi connectivity index (χ0) is 14.0. The number of hydrogen-bond donors (Lipinski definition) is 1. The molecule has 0 saturated carbocycles. The average Bonchev–Trinajstić information content (AvgIpc) is 2.67. The number of thiophene rings is 1. The van der Waals surface area contributed by atoms with E-state index < -0.39 is 0 Å². The highest BCUT2D eigenvalue weighted by Crippen LogP contribution is 2.36. The van der Waals surface area contributed by atoms with E-state index in [1.54, 1.807) is 11.3 Å². The van der Waals surface area contributed by atoms with Gasteiger partial charge in [0.2, 0.25) is 0 Å².